The highest BCUT2D eigenvalue weighted by Crippen LogP contribution is 2.23. The van der Waals surface area contributed by atoms with Crippen molar-refractivity contribution in [2.75, 3.05) is 13.1 Å². The first-order valence-electron chi connectivity index (χ1n) is 12.2. The van der Waals surface area contributed by atoms with Gasteiger partial charge in [0.1, 0.15) is 5.75 Å². The first-order chi connectivity index (χ1) is 17.5. The van der Waals surface area contributed by atoms with Gasteiger partial charge in [-0.15, -0.1) is 0 Å². The number of phenols is 1. The maximum atomic E-state index is 14.1. The van der Waals surface area contributed by atoms with Crippen molar-refractivity contribution in [2.24, 2.45) is 0 Å². The van der Waals surface area contributed by atoms with E-state index >= 15 is 0 Å². The minimum Gasteiger partial charge on any atom is -0.508 e. The van der Waals surface area contributed by atoms with E-state index < -0.39 is 23.3 Å². The predicted molar refractivity (Wildman–Crippen MR) is 138 cm³/mol. The number of amides is 1. The lowest BCUT2D eigenvalue weighted by Crippen LogP contribution is -2.43. The lowest BCUT2D eigenvalue weighted by atomic mass is 9.93. The molecule has 3 aromatic rings. The Labute approximate surface area is 216 Å². The van der Waals surface area contributed by atoms with E-state index in [9.17, 15) is 28.9 Å². The van der Waals surface area contributed by atoms with Crippen LogP contribution in [0.4, 0.5) is 8.78 Å². The van der Waals surface area contributed by atoms with Gasteiger partial charge in [-0.25, -0.2) is 8.78 Å². The van der Waals surface area contributed by atoms with Gasteiger partial charge in [0, 0.05) is 29.8 Å². The molecule has 3 rings (SSSR count). The number of aliphatic hydroxyl groups excluding tert-OH is 2. The molecule has 6 nitrogen and oxygen atoms in total. The molecule has 0 heterocycles. The Hall–Kier alpha value is -3.33. The van der Waals surface area contributed by atoms with E-state index in [2.05, 4.69) is 10.6 Å². The number of hydrogen-bond acceptors (Lipinski definition) is 5. The molecule has 5 N–H and O–H groups in total. The zero-order chi connectivity index (χ0) is 27.2. The summed E-state index contributed by atoms with van der Waals surface area (Å²) < 4.78 is 27.8. The normalized spacial score (nSPS) is 12.4. The molecular weight excluding hydrogens is 478 g/mol. The SMILES string of the molecule is Cc1ccc(CCNC(=O)c2cccc(CC(C)(C)NC[C@@H](O)c3ccc(O)c(CO)c3)c2)c(F)c1F. The number of benzene rings is 3. The van der Waals surface area contributed by atoms with Gasteiger partial charge in [-0.2, -0.15) is 0 Å². The smallest absolute Gasteiger partial charge is 0.251 e. The molecule has 0 bridgehead atoms. The summed E-state index contributed by atoms with van der Waals surface area (Å²) in [6.45, 7) is 5.56. The molecule has 0 radical (unpaired) electrons. The van der Waals surface area contributed by atoms with E-state index in [-0.39, 0.29) is 48.9 Å². The van der Waals surface area contributed by atoms with Crippen molar-refractivity contribution < 1.29 is 28.9 Å². The van der Waals surface area contributed by atoms with Crippen LogP contribution in [0, 0.1) is 18.6 Å². The van der Waals surface area contributed by atoms with Gasteiger partial charge in [-0.3, -0.25) is 4.79 Å². The predicted octanol–water partition coefficient (Wildman–Crippen LogP) is 4.09. The number of rotatable bonds is 11. The zero-order valence-corrected chi connectivity index (χ0v) is 21.3. The number of β-amino-alcohol motifs (C(OH)–C–C–N with tert-alkyl or cyclic N) is 1. The van der Waals surface area contributed by atoms with Crippen molar-refractivity contribution in [3.63, 3.8) is 0 Å². The van der Waals surface area contributed by atoms with E-state index in [1.807, 2.05) is 19.9 Å². The van der Waals surface area contributed by atoms with Crippen LogP contribution in [0.25, 0.3) is 0 Å². The van der Waals surface area contributed by atoms with Crippen molar-refractivity contribution in [3.05, 3.63) is 99.6 Å². The molecule has 198 valence electrons. The molecule has 0 saturated heterocycles. The Morgan fingerprint density at radius 1 is 1.03 bits per heavy atom. The fourth-order valence-corrected chi connectivity index (χ4v) is 4.12. The minimum absolute atomic E-state index is 0.0214. The van der Waals surface area contributed by atoms with Gasteiger partial charge >= 0.3 is 0 Å². The van der Waals surface area contributed by atoms with E-state index in [1.54, 1.807) is 30.3 Å². The van der Waals surface area contributed by atoms with E-state index in [1.165, 1.54) is 25.1 Å². The van der Waals surface area contributed by atoms with Crippen LogP contribution >= 0.6 is 0 Å². The molecule has 1 atom stereocenters. The number of carbonyl (C=O) groups excluding carboxylic acids is 1. The van der Waals surface area contributed by atoms with Gasteiger partial charge < -0.3 is 26.0 Å². The number of aliphatic hydroxyl groups is 2. The highest BCUT2D eigenvalue weighted by Gasteiger charge is 2.21. The van der Waals surface area contributed by atoms with Crippen LogP contribution in [0.15, 0.2) is 54.6 Å². The summed E-state index contributed by atoms with van der Waals surface area (Å²) in [6, 6.07) is 14.9. The number of aromatic hydroxyl groups is 1. The lowest BCUT2D eigenvalue weighted by Gasteiger charge is -2.28. The van der Waals surface area contributed by atoms with E-state index in [4.69, 9.17) is 0 Å². The molecule has 0 aliphatic carbocycles. The molecule has 3 aromatic carbocycles. The van der Waals surface area contributed by atoms with Gasteiger partial charge in [-0.05, 0) is 80.1 Å². The number of aryl methyl sites for hydroxylation is 1. The van der Waals surface area contributed by atoms with Gasteiger partial charge in [0.2, 0.25) is 0 Å². The second kappa shape index (κ2) is 12.3. The Morgan fingerprint density at radius 2 is 1.78 bits per heavy atom. The first-order valence-corrected chi connectivity index (χ1v) is 12.2. The van der Waals surface area contributed by atoms with Crippen LogP contribution in [-0.2, 0) is 19.4 Å². The summed E-state index contributed by atoms with van der Waals surface area (Å²) in [4.78, 5) is 12.6. The van der Waals surface area contributed by atoms with Crippen molar-refractivity contribution in [1.82, 2.24) is 10.6 Å². The first kappa shape index (κ1) is 28.2. The second-order valence-electron chi connectivity index (χ2n) is 9.88. The highest BCUT2D eigenvalue weighted by molar-refractivity contribution is 5.94. The summed E-state index contributed by atoms with van der Waals surface area (Å²) in [5, 5.41) is 35.7. The largest absolute Gasteiger partial charge is 0.508 e. The zero-order valence-electron chi connectivity index (χ0n) is 21.3. The third-order valence-corrected chi connectivity index (χ3v) is 6.30. The molecule has 1 amide bonds. The Kier molecular flexibility index (Phi) is 9.37. The van der Waals surface area contributed by atoms with Crippen LogP contribution < -0.4 is 10.6 Å². The van der Waals surface area contributed by atoms with Crippen molar-refractivity contribution in [2.45, 2.75) is 51.9 Å². The molecule has 0 spiro atoms. The second-order valence-corrected chi connectivity index (χ2v) is 9.88. The fourth-order valence-electron chi connectivity index (χ4n) is 4.12. The molecule has 0 aromatic heterocycles. The van der Waals surface area contributed by atoms with Gasteiger partial charge in [0.25, 0.3) is 5.91 Å². The van der Waals surface area contributed by atoms with Crippen molar-refractivity contribution in [3.8, 4) is 5.75 Å². The number of nitrogens with one attached hydrogen (secondary N) is 2. The van der Waals surface area contributed by atoms with Gasteiger partial charge in [0.05, 0.1) is 12.7 Å². The molecule has 37 heavy (non-hydrogen) atoms. The van der Waals surface area contributed by atoms with E-state index in [0.717, 1.165) is 5.56 Å². The Balaban J connectivity index is 1.55. The monoisotopic (exact) mass is 512 g/mol. The van der Waals surface area contributed by atoms with Crippen molar-refractivity contribution >= 4 is 5.91 Å². The number of hydrogen-bond donors (Lipinski definition) is 5. The summed E-state index contributed by atoms with van der Waals surface area (Å²) in [7, 11) is 0. The fraction of sp³-hybridized carbons (Fsp3) is 0.345. The van der Waals surface area contributed by atoms with Gasteiger partial charge in [0.15, 0.2) is 11.6 Å². The number of halogens is 2. The summed E-state index contributed by atoms with van der Waals surface area (Å²) in [5.41, 5.74) is 2.35. The van der Waals surface area contributed by atoms with Crippen LogP contribution in [0.1, 0.15) is 58.1 Å². The molecule has 8 heteroatoms. The summed E-state index contributed by atoms with van der Waals surface area (Å²) in [5.74, 6) is -2.07. The molecule has 0 fully saturated rings. The maximum Gasteiger partial charge on any atom is 0.251 e. The third kappa shape index (κ3) is 7.58. The Bertz CT molecular complexity index is 1250. The molecule has 0 aliphatic heterocycles. The molecular formula is C29H34F2N2O4. The third-order valence-electron chi connectivity index (χ3n) is 6.30. The quantitative estimate of drug-likeness (QED) is 0.266. The molecule has 0 aliphatic rings. The van der Waals surface area contributed by atoms with Crippen molar-refractivity contribution in [1.29, 1.82) is 0 Å². The average Bonchev–Trinajstić information content (AvgIpc) is 2.87. The molecule has 0 unspecified atom stereocenters. The molecule has 0 saturated carbocycles. The lowest BCUT2D eigenvalue weighted by molar-refractivity contribution is 0.0954. The summed E-state index contributed by atoms with van der Waals surface area (Å²) >= 11 is 0. The van der Waals surface area contributed by atoms with Crippen LogP contribution in [0.2, 0.25) is 0 Å². The number of carbonyl (C=O) groups is 1. The van der Waals surface area contributed by atoms with Crippen LogP contribution in [-0.4, -0.2) is 39.9 Å². The minimum atomic E-state index is -0.879. The van der Waals surface area contributed by atoms with Crippen LogP contribution in [0.5, 0.6) is 5.75 Å². The van der Waals surface area contributed by atoms with E-state index in [0.29, 0.717) is 23.1 Å². The Morgan fingerprint density at radius 3 is 2.51 bits per heavy atom. The van der Waals surface area contributed by atoms with Gasteiger partial charge in [-0.1, -0.05) is 30.3 Å². The van der Waals surface area contributed by atoms with Crippen LogP contribution in [0.3, 0.4) is 0 Å². The highest BCUT2D eigenvalue weighted by atomic mass is 19.2. The topological polar surface area (TPSA) is 102 Å². The summed E-state index contributed by atoms with van der Waals surface area (Å²) in [6.07, 6.45) is -0.0880. The average molecular weight is 513 g/mol. The maximum absolute atomic E-state index is 14.1. The standard InChI is InChI=1S/C29H34F2N2O4/c1-18-7-8-20(27(31)26(18)30)11-12-32-28(37)22-6-4-5-19(13-22)15-29(2,3)33-16-25(36)21-9-10-24(35)23(14-21)17-34/h4-10,13-14,25,33-36H,11-12,15-17H2,1-3H3,(H,32,37)/t25-/m1/s1.